The molecule has 1 aliphatic rings. The van der Waals surface area contributed by atoms with E-state index >= 15 is 0 Å². The first-order valence-electron chi connectivity index (χ1n) is 6.69. The van der Waals surface area contributed by atoms with Gasteiger partial charge >= 0.3 is 0 Å². The number of ether oxygens (including phenoxy) is 1. The summed E-state index contributed by atoms with van der Waals surface area (Å²) in [5, 5.41) is -0.417. The molecule has 1 aliphatic heterocycles. The summed E-state index contributed by atoms with van der Waals surface area (Å²) in [7, 11) is -3.17. The number of nitrogens with two attached hydrogens (primary N) is 1. The highest BCUT2D eigenvalue weighted by Crippen LogP contribution is 2.22. The van der Waals surface area contributed by atoms with E-state index in [4.69, 9.17) is 10.5 Å². The van der Waals surface area contributed by atoms with Gasteiger partial charge in [-0.25, -0.2) is 8.42 Å². The highest BCUT2D eigenvalue weighted by molar-refractivity contribution is 7.92. The first-order valence-corrected chi connectivity index (χ1v) is 8.41. The molecule has 0 amide bonds. The molecular formula is C13H20N2O4S. The SMILES string of the molecule is CC1OCCC1S(=O)(=O)CCCn1cc(N)ccc1=O. The number of anilines is 1. The number of hydrogen-bond acceptors (Lipinski definition) is 5. The number of sulfone groups is 1. The van der Waals surface area contributed by atoms with Gasteiger partial charge in [0.05, 0.1) is 17.1 Å². The second-order valence-electron chi connectivity index (χ2n) is 5.12. The van der Waals surface area contributed by atoms with Crippen LogP contribution in [0.2, 0.25) is 0 Å². The second kappa shape index (κ2) is 5.97. The van der Waals surface area contributed by atoms with E-state index in [2.05, 4.69) is 0 Å². The molecule has 0 aromatic carbocycles. The summed E-state index contributed by atoms with van der Waals surface area (Å²) in [6, 6.07) is 2.92. The van der Waals surface area contributed by atoms with Gasteiger partial charge in [-0.15, -0.1) is 0 Å². The van der Waals surface area contributed by atoms with Crippen molar-refractivity contribution in [2.75, 3.05) is 18.1 Å². The first-order chi connectivity index (χ1) is 9.40. The molecule has 2 rings (SSSR count). The molecule has 112 valence electrons. The standard InChI is InChI=1S/C13H20N2O4S/c1-10-12(5-7-19-10)20(17,18)8-2-6-15-9-11(14)3-4-13(15)16/h3-4,9-10,12H,2,5-8,14H2,1H3. The number of nitrogens with zero attached hydrogens (tertiary/aromatic N) is 1. The van der Waals surface area contributed by atoms with E-state index in [-0.39, 0.29) is 17.4 Å². The Morgan fingerprint density at radius 3 is 2.85 bits per heavy atom. The van der Waals surface area contributed by atoms with E-state index in [0.717, 1.165) is 0 Å². The van der Waals surface area contributed by atoms with Crippen LogP contribution < -0.4 is 11.3 Å². The van der Waals surface area contributed by atoms with Crippen LogP contribution in [0.25, 0.3) is 0 Å². The van der Waals surface area contributed by atoms with Crippen LogP contribution in [0.4, 0.5) is 5.69 Å². The van der Waals surface area contributed by atoms with Crippen LogP contribution in [0.15, 0.2) is 23.1 Å². The van der Waals surface area contributed by atoms with Crippen molar-refractivity contribution in [3.05, 3.63) is 28.7 Å². The summed E-state index contributed by atoms with van der Waals surface area (Å²) >= 11 is 0. The van der Waals surface area contributed by atoms with Crippen LogP contribution in [-0.4, -0.2) is 36.7 Å². The molecule has 7 heteroatoms. The molecule has 6 nitrogen and oxygen atoms in total. The van der Waals surface area contributed by atoms with E-state index in [1.54, 1.807) is 6.92 Å². The van der Waals surface area contributed by atoms with Gasteiger partial charge in [0.15, 0.2) is 9.84 Å². The number of aromatic nitrogens is 1. The molecule has 1 fully saturated rings. The van der Waals surface area contributed by atoms with Gasteiger partial charge in [0, 0.05) is 31.1 Å². The largest absolute Gasteiger partial charge is 0.398 e. The van der Waals surface area contributed by atoms with Crippen molar-refractivity contribution in [3.63, 3.8) is 0 Å². The van der Waals surface area contributed by atoms with Gasteiger partial charge in [-0.2, -0.15) is 0 Å². The van der Waals surface area contributed by atoms with Crippen LogP contribution in [0.1, 0.15) is 19.8 Å². The second-order valence-corrected chi connectivity index (χ2v) is 7.46. The highest BCUT2D eigenvalue weighted by atomic mass is 32.2. The normalized spacial score (nSPS) is 23.1. The number of rotatable bonds is 5. The van der Waals surface area contributed by atoms with Crippen molar-refractivity contribution in [3.8, 4) is 0 Å². The maximum atomic E-state index is 12.2. The van der Waals surface area contributed by atoms with Crippen LogP contribution in [0, 0.1) is 0 Å². The molecule has 2 atom stereocenters. The molecule has 0 saturated carbocycles. The topological polar surface area (TPSA) is 91.4 Å². The molecule has 0 spiro atoms. The summed E-state index contributed by atoms with van der Waals surface area (Å²) in [4.78, 5) is 11.6. The molecule has 2 heterocycles. The Bertz CT molecular complexity index is 624. The molecular weight excluding hydrogens is 280 g/mol. The predicted molar refractivity (Wildman–Crippen MR) is 77.3 cm³/mol. The first kappa shape index (κ1) is 15.1. The molecule has 0 aliphatic carbocycles. The maximum absolute atomic E-state index is 12.2. The van der Waals surface area contributed by atoms with Crippen LogP contribution >= 0.6 is 0 Å². The van der Waals surface area contributed by atoms with Crippen molar-refractivity contribution < 1.29 is 13.2 Å². The average Bonchev–Trinajstić information content (AvgIpc) is 2.80. The zero-order chi connectivity index (χ0) is 14.8. The van der Waals surface area contributed by atoms with Gasteiger partial charge in [-0.3, -0.25) is 4.79 Å². The zero-order valence-electron chi connectivity index (χ0n) is 11.5. The third-order valence-corrected chi connectivity index (χ3v) is 6.00. The van der Waals surface area contributed by atoms with Gasteiger partial charge in [0.25, 0.3) is 5.56 Å². The minimum absolute atomic E-state index is 0.0621. The minimum Gasteiger partial charge on any atom is -0.398 e. The summed E-state index contributed by atoms with van der Waals surface area (Å²) in [6.45, 7) is 2.64. The quantitative estimate of drug-likeness (QED) is 0.850. The lowest BCUT2D eigenvalue weighted by atomic mass is 10.3. The van der Waals surface area contributed by atoms with Gasteiger partial charge in [0.1, 0.15) is 0 Å². The summed E-state index contributed by atoms with van der Waals surface area (Å²) in [6.07, 6.45) is 2.25. The lowest BCUT2D eigenvalue weighted by Gasteiger charge is -2.15. The van der Waals surface area contributed by atoms with Gasteiger partial charge in [-0.1, -0.05) is 0 Å². The molecule has 1 aromatic heterocycles. The fourth-order valence-electron chi connectivity index (χ4n) is 2.50. The molecule has 0 radical (unpaired) electrons. The Kier molecular flexibility index (Phi) is 4.49. The smallest absolute Gasteiger partial charge is 0.250 e. The molecule has 2 N–H and O–H groups in total. The van der Waals surface area contributed by atoms with Crippen LogP contribution in [-0.2, 0) is 21.1 Å². The lowest BCUT2D eigenvalue weighted by molar-refractivity contribution is 0.126. The van der Waals surface area contributed by atoms with Crippen molar-refractivity contribution in [2.24, 2.45) is 0 Å². The summed E-state index contributed by atoms with van der Waals surface area (Å²) in [5.74, 6) is 0.0621. The molecule has 1 aromatic rings. The van der Waals surface area contributed by atoms with Crippen molar-refractivity contribution >= 4 is 15.5 Å². The van der Waals surface area contributed by atoms with Gasteiger partial charge in [-0.05, 0) is 25.8 Å². The molecule has 2 unspecified atom stereocenters. The Balaban J connectivity index is 1.95. The van der Waals surface area contributed by atoms with Crippen LogP contribution in [0.3, 0.4) is 0 Å². The lowest BCUT2D eigenvalue weighted by Crippen LogP contribution is -2.31. The Morgan fingerprint density at radius 2 is 2.20 bits per heavy atom. The molecule has 1 saturated heterocycles. The predicted octanol–water partition coefficient (Wildman–Crippen LogP) is 0.413. The number of aryl methyl sites for hydroxylation is 1. The molecule has 20 heavy (non-hydrogen) atoms. The summed E-state index contributed by atoms with van der Waals surface area (Å²) < 4.78 is 31.1. The monoisotopic (exact) mass is 300 g/mol. The number of hydrogen-bond donors (Lipinski definition) is 1. The van der Waals surface area contributed by atoms with Crippen molar-refractivity contribution in [2.45, 2.75) is 37.7 Å². The van der Waals surface area contributed by atoms with Gasteiger partial charge in [0.2, 0.25) is 0 Å². The molecule has 0 bridgehead atoms. The van der Waals surface area contributed by atoms with Gasteiger partial charge < -0.3 is 15.0 Å². The van der Waals surface area contributed by atoms with Crippen molar-refractivity contribution in [1.29, 1.82) is 0 Å². The Labute approximate surface area is 118 Å². The third kappa shape index (κ3) is 3.40. The van der Waals surface area contributed by atoms with E-state index in [9.17, 15) is 13.2 Å². The number of pyridine rings is 1. The minimum atomic E-state index is -3.17. The number of nitrogen functional groups attached to an aromatic ring is 1. The van der Waals surface area contributed by atoms with Crippen LogP contribution in [0.5, 0.6) is 0 Å². The van der Waals surface area contributed by atoms with E-state index < -0.39 is 15.1 Å². The zero-order valence-corrected chi connectivity index (χ0v) is 12.3. The Morgan fingerprint density at radius 1 is 1.45 bits per heavy atom. The van der Waals surface area contributed by atoms with E-state index in [1.807, 2.05) is 0 Å². The fourth-order valence-corrected chi connectivity index (χ4v) is 4.45. The highest BCUT2D eigenvalue weighted by Gasteiger charge is 2.35. The summed E-state index contributed by atoms with van der Waals surface area (Å²) in [5.41, 5.74) is 5.93. The maximum Gasteiger partial charge on any atom is 0.250 e. The van der Waals surface area contributed by atoms with E-state index in [0.29, 0.717) is 31.7 Å². The fraction of sp³-hybridized carbons (Fsp3) is 0.615. The third-order valence-electron chi connectivity index (χ3n) is 3.60. The van der Waals surface area contributed by atoms with Crippen molar-refractivity contribution in [1.82, 2.24) is 4.57 Å². The average molecular weight is 300 g/mol. The van der Waals surface area contributed by atoms with E-state index in [1.165, 1.54) is 22.9 Å². The Hall–Kier alpha value is -1.34.